The summed E-state index contributed by atoms with van der Waals surface area (Å²) in [5.74, 6) is -0.543. The predicted octanol–water partition coefficient (Wildman–Crippen LogP) is 2.19. The molecule has 0 unspecified atom stereocenters. The monoisotopic (exact) mass is 346 g/mol. The van der Waals surface area contributed by atoms with Crippen molar-refractivity contribution in [1.29, 1.82) is 0 Å². The molecule has 0 aliphatic rings. The third-order valence-electron chi connectivity index (χ3n) is 3.77. The highest BCUT2D eigenvalue weighted by Crippen LogP contribution is 2.19. The van der Waals surface area contributed by atoms with Crippen LogP contribution < -0.4 is 10.6 Å². The minimum absolute atomic E-state index is 0.0847. The molecule has 0 bridgehead atoms. The van der Waals surface area contributed by atoms with E-state index in [1.165, 1.54) is 0 Å². The molecule has 130 valence electrons. The molecule has 0 saturated carbocycles. The van der Waals surface area contributed by atoms with E-state index in [1.54, 1.807) is 42.9 Å². The quantitative estimate of drug-likeness (QED) is 0.717. The maximum atomic E-state index is 12.0. The number of hydrogen-bond acceptors (Lipinski definition) is 4. The summed E-state index contributed by atoms with van der Waals surface area (Å²) in [7, 11) is 0. The molecule has 3 rings (SSSR count). The fourth-order valence-electron chi connectivity index (χ4n) is 2.46. The molecule has 2 amide bonds. The van der Waals surface area contributed by atoms with Crippen molar-refractivity contribution < 1.29 is 9.59 Å². The van der Waals surface area contributed by atoms with Crippen molar-refractivity contribution in [2.75, 3.05) is 6.54 Å². The zero-order chi connectivity index (χ0) is 18.2. The smallest absolute Gasteiger partial charge is 0.251 e. The van der Waals surface area contributed by atoms with E-state index in [-0.39, 0.29) is 18.4 Å². The highest BCUT2D eigenvalue weighted by molar-refractivity contribution is 5.96. The summed E-state index contributed by atoms with van der Waals surface area (Å²) in [5, 5.41) is 5.41. The number of rotatable bonds is 6. The van der Waals surface area contributed by atoms with Crippen molar-refractivity contribution in [3.63, 3.8) is 0 Å². The molecule has 0 radical (unpaired) electrons. The van der Waals surface area contributed by atoms with E-state index in [0.717, 1.165) is 16.8 Å². The number of benzene rings is 1. The van der Waals surface area contributed by atoms with Gasteiger partial charge in [-0.1, -0.05) is 24.3 Å². The topological polar surface area (TPSA) is 84.0 Å². The molecule has 0 aliphatic heterocycles. The third-order valence-corrected chi connectivity index (χ3v) is 3.77. The molecular formula is C20H18N4O2. The molecule has 2 N–H and O–H groups in total. The molecule has 6 heteroatoms. The first-order valence-corrected chi connectivity index (χ1v) is 8.18. The Morgan fingerprint density at radius 3 is 2.38 bits per heavy atom. The predicted molar refractivity (Wildman–Crippen MR) is 98.1 cm³/mol. The highest BCUT2D eigenvalue weighted by atomic mass is 16.2. The lowest BCUT2D eigenvalue weighted by Crippen LogP contribution is -2.36. The molecule has 0 atom stereocenters. The summed E-state index contributed by atoms with van der Waals surface area (Å²) in [4.78, 5) is 32.4. The second kappa shape index (κ2) is 8.53. The standard InChI is InChI=1S/C20H18N4O2/c25-18(14-24-20(26)16-5-2-1-3-6-16)23-13-17-7-4-10-22-19(17)15-8-11-21-12-9-15/h1-12H,13-14H2,(H,23,25)(H,24,26). The minimum atomic E-state index is -0.278. The fraction of sp³-hybridized carbons (Fsp3) is 0.100. The lowest BCUT2D eigenvalue weighted by Gasteiger charge is -2.10. The lowest BCUT2D eigenvalue weighted by atomic mass is 10.1. The SMILES string of the molecule is O=C(CNC(=O)c1ccccc1)NCc1cccnc1-c1ccncc1. The molecule has 6 nitrogen and oxygen atoms in total. The second-order valence-electron chi connectivity index (χ2n) is 5.57. The Labute approximate surface area is 151 Å². The number of aromatic nitrogens is 2. The first-order chi connectivity index (χ1) is 12.7. The van der Waals surface area contributed by atoms with E-state index in [1.807, 2.05) is 30.3 Å². The molecule has 2 aromatic heterocycles. The van der Waals surface area contributed by atoms with Gasteiger partial charge in [0, 0.05) is 36.3 Å². The van der Waals surface area contributed by atoms with Gasteiger partial charge in [0.05, 0.1) is 12.2 Å². The number of nitrogens with zero attached hydrogens (tertiary/aromatic N) is 2. The van der Waals surface area contributed by atoms with Crippen molar-refractivity contribution >= 4 is 11.8 Å². The van der Waals surface area contributed by atoms with Gasteiger partial charge in [-0.05, 0) is 35.9 Å². The summed E-state index contributed by atoms with van der Waals surface area (Å²) >= 11 is 0. The Balaban J connectivity index is 1.56. The normalized spacial score (nSPS) is 10.2. The number of amides is 2. The van der Waals surface area contributed by atoms with E-state index in [4.69, 9.17) is 0 Å². The van der Waals surface area contributed by atoms with Crippen LogP contribution in [0.3, 0.4) is 0 Å². The molecule has 3 aromatic rings. The fourth-order valence-corrected chi connectivity index (χ4v) is 2.46. The molecule has 2 heterocycles. The summed E-state index contributed by atoms with van der Waals surface area (Å²) in [6, 6.07) is 16.2. The van der Waals surface area contributed by atoms with E-state index in [2.05, 4.69) is 20.6 Å². The van der Waals surface area contributed by atoms with Crippen LogP contribution in [-0.2, 0) is 11.3 Å². The van der Waals surface area contributed by atoms with Crippen LogP contribution in [0.25, 0.3) is 11.3 Å². The molecule has 0 fully saturated rings. The Kier molecular flexibility index (Phi) is 5.67. The van der Waals surface area contributed by atoms with Gasteiger partial charge in [0.15, 0.2) is 0 Å². The minimum Gasteiger partial charge on any atom is -0.350 e. The van der Waals surface area contributed by atoms with Gasteiger partial charge < -0.3 is 10.6 Å². The average molecular weight is 346 g/mol. The van der Waals surface area contributed by atoms with Gasteiger partial charge in [-0.25, -0.2) is 0 Å². The number of hydrogen-bond donors (Lipinski definition) is 2. The summed E-state index contributed by atoms with van der Waals surface area (Å²) < 4.78 is 0. The van der Waals surface area contributed by atoms with E-state index in [9.17, 15) is 9.59 Å². The molecule has 0 aliphatic carbocycles. The third kappa shape index (κ3) is 4.51. The van der Waals surface area contributed by atoms with Crippen LogP contribution in [-0.4, -0.2) is 28.3 Å². The van der Waals surface area contributed by atoms with E-state index < -0.39 is 0 Å². The maximum absolute atomic E-state index is 12.0. The summed E-state index contributed by atoms with van der Waals surface area (Å²) in [5.41, 5.74) is 3.14. The Morgan fingerprint density at radius 2 is 1.62 bits per heavy atom. The Hall–Kier alpha value is -3.54. The van der Waals surface area contributed by atoms with Crippen molar-refractivity contribution in [1.82, 2.24) is 20.6 Å². The largest absolute Gasteiger partial charge is 0.350 e. The Bertz CT molecular complexity index is 883. The van der Waals surface area contributed by atoms with Gasteiger partial charge in [-0.2, -0.15) is 0 Å². The number of carbonyl (C=O) groups is 2. The summed E-state index contributed by atoms with van der Waals surface area (Å²) in [6.45, 7) is 0.240. The molecule has 0 spiro atoms. The van der Waals surface area contributed by atoms with E-state index in [0.29, 0.717) is 12.1 Å². The lowest BCUT2D eigenvalue weighted by molar-refractivity contribution is -0.120. The van der Waals surface area contributed by atoms with Crippen LogP contribution in [0.5, 0.6) is 0 Å². The zero-order valence-corrected chi connectivity index (χ0v) is 14.1. The average Bonchev–Trinajstić information content (AvgIpc) is 2.72. The molecule has 0 saturated heterocycles. The summed E-state index contributed by atoms with van der Waals surface area (Å²) in [6.07, 6.45) is 5.11. The van der Waals surface area contributed by atoms with Gasteiger partial charge in [-0.3, -0.25) is 19.6 Å². The van der Waals surface area contributed by atoms with Gasteiger partial charge in [-0.15, -0.1) is 0 Å². The van der Waals surface area contributed by atoms with Gasteiger partial charge in [0.2, 0.25) is 5.91 Å². The van der Waals surface area contributed by atoms with Crippen LogP contribution in [0.15, 0.2) is 73.2 Å². The number of carbonyl (C=O) groups excluding carboxylic acids is 2. The van der Waals surface area contributed by atoms with Crippen molar-refractivity contribution in [2.24, 2.45) is 0 Å². The van der Waals surface area contributed by atoms with Crippen LogP contribution >= 0.6 is 0 Å². The number of pyridine rings is 2. The van der Waals surface area contributed by atoms with Gasteiger partial charge in [0.1, 0.15) is 0 Å². The van der Waals surface area contributed by atoms with Crippen LogP contribution in [0.1, 0.15) is 15.9 Å². The second-order valence-corrected chi connectivity index (χ2v) is 5.57. The van der Waals surface area contributed by atoms with E-state index >= 15 is 0 Å². The zero-order valence-electron chi connectivity index (χ0n) is 14.1. The highest BCUT2D eigenvalue weighted by Gasteiger charge is 2.10. The maximum Gasteiger partial charge on any atom is 0.251 e. The van der Waals surface area contributed by atoms with Crippen LogP contribution in [0.4, 0.5) is 0 Å². The van der Waals surface area contributed by atoms with Crippen molar-refractivity contribution in [3.8, 4) is 11.3 Å². The van der Waals surface area contributed by atoms with Gasteiger partial charge >= 0.3 is 0 Å². The van der Waals surface area contributed by atoms with Gasteiger partial charge in [0.25, 0.3) is 5.91 Å². The number of nitrogens with one attached hydrogen (secondary N) is 2. The first-order valence-electron chi connectivity index (χ1n) is 8.18. The van der Waals surface area contributed by atoms with Crippen LogP contribution in [0.2, 0.25) is 0 Å². The molecule has 1 aromatic carbocycles. The molecule has 26 heavy (non-hydrogen) atoms. The first kappa shape index (κ1) is 17.3. The van der Waals surface area contributed by atoms with Crippen LogP contribution in [0, 0.1) is 0 Å². The van der Waals surface area contributed by atoms with Crippen molar-refractivity contribution in [3.05, 3.63) is 84.3 Å². The molecular weight excluding hydrogens is 328 g/mol. The Morgan fingerprint density at radius 1 is 0.846 bits per heavy atom. The van der Waals surface area contributed by atoms with Crippen molar-refractivity contribution in [2.45, 2.75) is 6.54 Å².